The second kappa shape index (κ2) is 12.6. The molecule has 0 bridgehead atoms. The molecule has 3 rings (SSSR count). The Kier molecular flexibility index (Phi) is 9.52. The molecule has 2 aromatic carbocycles. The number of unbranched alkanes of at least 4 members (excludes halogenated alkanes) is 8. The van der Waals surface area contributed by atoms with Crippen molar-refractivity contribution < 1.29 is 8.81 Å². The van der Waals surface area contributed by atoms with Crippen LogP contribution in [0.3, 0.4) is 0 Å². The van der Waals surface area contributed by atoms with Crippen LogP contribution in [0.5, 0.6) is 0 Å². The van der Waals surface area contributed by atoms with Crippen LogP contribution in [0.15, 0.2) is 51.7 Å². The second-order valence-electron chi connectivity index (χ2n) is 8.92. The maximum absolute atomic E-state index is 15.2. The molecule has 0 spiro atoms. The van der Waals surface area contributed by atoms with Gasteiger partial charge in [-0.25, -0.2) is 9.18 Å². The molecular weight excluding hydrogens is 399 g/mol. The van der Waals surface area contributed by atoms with Crippen molar-refractivity contribution in [3.05, 3.63) is 70.0 Å². The van der Waals surface area contributed by atoms with Crippen LogP contribution in [0.25, 0.3) is 21.9 Å². The lowest BCUT2D eigenvalue weighted by Crippen LogP contribution is -2.05. The van der Waals surface area contributed by atoms with E-state index in [0.29, 0.717) is 16.7 Å². The van der Waals surface area contributed by atoms with Gasteiger partial charge in [-0.2, -0.15) is 0 Å². The summed E-state index contributed by atoms with van der Waals surface area (Å²) in [6.07, 6.45) is 14.1. The molecule has 0 fully saturated rings. The molecular formula is C29H37FO2. The standard InChI is InChI=1S/C29H37FO2/c1-3-5-6-7-8-9-10-11-12-14-25-21-24-19-20-26(28(30)27(24)29(31)32-25)23-17-15-22(13-4-2)16-18-23/h15-21H,3-14H2,1-2H3. The Labute approximate surface area is 191 Å². The van der Waals surface area contributed by atoms with Gasteiger partial charge in [0.15, 0.2) is 0 Å². The van der Waals surface area contributed by atoms with Gasteiger partial charge in [-0.1, -0.05) is 108 Å². The van der Waals surface area contributed by atoms with Gasteiger partial charge in [-0.15, -0.1) is 0 Å². The molecule has 0 radical (unpaired) electrons. The number of hydrogen-bond acceptors (Lipinski definition) is 2. The van der Waals surface area contributed by atoms with Gasteiger partial charge < -0.3 is 4.42 Å². The zero-order valence-electron chi connectivity index (χ0n) is 19.7. The van der Waals surface area contributed by atoms with Gasteiger partial charge in [-0.05, 0) is 35.4 Å². The van der Waals surface area contributed by atoms with E-state index in [2.05, 4.69) is 13.8 Å². The second-order valence-corrected chi connectivity index (χ2v) is 8.92. The average Bonchev–Trinajstić information content (AvgIpc) is 2.79. The van der Waals surface area contributed by atoms with E-state index in [9.17, 15) is 4.79 Å². The van der Waals surface area contributed by atoms with Crippen LogP contribution in [0, 0.1) is 5.82 Å². The topological polar surface area (TPSA) is 30.2 Å². The van der Waals surface area contributed by atoms with E-state index in [0.717, 1.165) is 37.7 Å². The molecule has 0 saturated carbocycles. The first-order chi connectivity index (χ1) is 15.6. The number of rotatable bonds is 13. The summed E-state index contributed by atoms with van der Waals surface area (Å²) in [5, 5.41) is 0.673. The highest BCUT2D eigenvalue weighted by Crippen LogP contribution is 2.28. The molecule has 0 aliphatic carbocycles. The third-order valence-electron chi connectivity index (χ3n) is 6.25. The fourth-order valence-electron chi connectivity index (χ4n) is 4.39. The van der Waals surface area contributed by atoms with Gasteiger partial charge in [0, 0.05) is 12.0 Å². The summed E-state index contributed by atoms with van der Waals surface area (Å²) in [5.41, 5.74) is 1.88. The Morgan fingerprint density at radius 1 is 0.750 bits per heavy atom. The van der Waals surface area contributed by atoms with E-state index in [4.69, 9.17) is 4.42 Å². The first-order valence-electron chi connectivity index (χ1n) is 12.5. The molecule has 1 aromatic heterocycles. The molecule has 3 heteroatoms. The molecule has 3 aromatic rings. The van der Waals surface area contributed by atoms with Crippen LogP contribution in [0.4, 0.5) is 4.39 Å². The van der Waals surface area contributed by atoms with Crippen LogP contribution in [0.2, 0.25) is 0 Å². The molecule has 0 saturated heterocycles. The van der Waals surface area contributed by atoms with Gasteiger partial charge >= 0.3 is 5.63 Å². The minimum Gasteiger partial charge on any atom is -0.427 e. The van der Waals surface area contributed by atoms with Crippen LogP contribution in [0.1, 0.15) is 89.4 Å². The monoisotopic (exact) mass is 436 g/mol. The lowest BCUT2D eigenvalue weighted by Gasteiger charge is -2.09. The number of aryl methyl sites for hydroxylation is 2. The molecule has 0 atom stereocenters. The van der Waals surface area contributed by atoms with Crippen molar-refractivity contribution in [3.63, 3.8) is 0 Å². The molecule has 1 heterocycles. The summed E-state index contributed by atoms with van der Waals surface area (Å²) in [6.45, 7) is 4.38. The largest absolute Gasteiger partial charge is 0.427 e. The normalized spacial score (nSPS) is 11.3. The summed E-state index contributed by atoms with van der Waals surface area (Å²) in [6, 6.07) is 13.3. The van der Waals surface area contributed by atoms with Crippen molar-refractivity contribution in [2.75, 3.05) is 0 Å². The smallest absolute Gasteiger partial charge is 0.346 e. The quantitative estimate of drug-likeness (QED) is 0.251. The Morgan fingerprint density at radius 2 is 1.41 bits per heavy atom. The molecule has 0 unspecified atom stereocenters. The molecule has 2 nitrogen and oxygen atoms in total. The van der Waals surface area contributed by atoms with Crippen LogP contribution >= 0.6 is 0 Å². The molecule has 32 heavy (non-hydrogen) atoms. The summed E-state index contributed by atoms with van der Waals surface area (Å²) < 4.78 is 20.7. The van der Waals surface area contributed by atoms with Gasteiger partial charge in [0.25, 0.3) is 0 Å². The van der Waals surface area contributed by atoms with Gasteiger partial charge in [0.05, 0.1) is 0 Å². The maximum Gasteiger partial charge on any atom is 0.346 e. The molecule has 0 N–H and O–H groups in total. The zero-order chi connectivity index (χ0) is 22.8. The van der Waals surface area contributed by atoms with E-state index in [1.54, 1.807) is 6.07 Å². The minimum atomic E-state index is -0.574. The number of fused-ring (bicyclic) bond motifs is 1. The predicted octanol–water partition coefficient (Wildman–Crippen LogP) is 8.62. The van der Waals surface area contributed by atoms with Crippen molar-refractivity contribution in [2.24, 2.45) is 0 Å². The predicted molar refractivity (Wildman–Crippen MR) is 133 cm³/mol. The lowest BCUT2D eigenvalue weighted by atomic mass is 9.99. The first kappa shape index (κ1) is 24.2. The van der Waals surface area contributed by atoms with Crippen molar-refractivity contribution >= 4 is 10.8 Å². The Balaban J connectivity index is 1.62. The molecule has 172 valence electrons. The van der Waals surface area contributed by atoms with Crippen LogP contribution < -0.4 is 5.63 Å². The zero-order valence-corrected chi connectivity index (χ0v) is 19.7. The van der Waals surface area contributed by atoms with E-state index in [1.165, 1.54) is 50.5 Å². The number of hydrogen-bond donors (Lipinski definition) is 0. The van der Waals surface area contributed by atoms with Gasteiger partial charge in [0.1, 0.15) is 17.0 Å². The summed E-state index contributed by atoms with van der Waals surface area (Å²) in [4.78, 5) is 12.6. The third kappa shape index (κ3) is 6.54. The van der Waals surface area contributed by atoms with Crippen LogP contribution in [-0.2, 0) is 12.8 Å². The number of benzene rings is 2. The summed E-state index contributed by atoms with van der Waals surface area (Å²) >= 11 is 0. The SMILES string of the molecule is CCCCCCCCCCCc1cc2ccc(-c3ccc(CCC)cc3)c(F)c2c(=O)o1. The Morgan fingerprint density at radius 3 is 2.06 bits per heavy atom. The lowest BCUT2D eigenvalue weighted by molar-refractivity contribution is 0.452. The fraction of sp³-hybridized carbons (Fsp3) is 0.483. The minimum absolute atomic E-state index is 0.0518. The van der Waals surface area contributed by atoms with Gasteiger partial charge in [-0.3, -0.25) is 0 Å². The highest BCUT2D eigenvalue weighted by molar-refractivity contribution is 5.87. The first-order valence-corrected chi connectivity index (χ1v) is 12.5. The maximum atomic E-state index is 15.2. The van der Waals surface area contributed by atoms with E-state index >= 15 is 4.39 Å². The fourth-order valence-corrected chi connectivity index (χ4v) is 4.39. The molecule has 0 amide bonds. The highest BCUT2D eigenvalue weighted by atomic mass is 19.1. The highest BCUT2D eigenvalue weighted by Gasteiger charge is 2.15. The Hall–Kier alpha value is -2.42. The van der Waals surface area contributed by atoms with Gasteiger partial charge in [0.2, 0.25) is 0 Å². The van der Waals surface area contributed by atoms with Crippen molar-refractivity contribution in [1.82, 2.24) is 0 Å². The number of halogens is 1. The third-order valence-corrected chi connectivity index (χ3v) is 6.25. The van der Waals surface area contributed by atoms with E-state index < -0.39 is 11.4 Å². The van der Waals surface area contributed by atoms with E-state index in [-0.39, 0.29) is 5.39 Å². The molecule has 0 aliphatic rings. The Bertz CT molecular complexity index is 1030. The van der Waals surface area contributed by atoms with Crippen molar-refractivity contribution in [1.29, 1.82) is 0 Å². The van der Waals surface area contributed by atoms with Crippen molar-refractivity contribution in [2.45, 2.75) is 90.9 Å². The average molecular weight is 437 g/mol. The van der Waals surface area contributed by atoms with Crippen molar-refractivity contribution in [3.8, 4) is 11.1 Å². The molecule has 0 aliphatic heterocycles. The summed E-state index contributed by atoms with van der Waals surface area (Å²) in [7, 11) is 0. The van der Waals surface area contributed by atoms with E-state index in [1.807, 2.05) is 36.4 Å². The summed E-state index contributed by atoms with van der Waals surface area (Å²) in [5.74, 6) is 0.163. The van der Waals surface area contributed by atoms with Crippen LogP contribution in [-0.4, -0.2) is 0 Å².